The molecule has 74 valence electrons. The van der Waals surface area contributed by atoms with Crippen LogP contribution in [0.15, 0.2) is 18.3 Å². The van der Waals surface area contributed by atoms with Crippen LogP contribution in [0, 0.1) is 11.4 Å². The number of hydrogen-bond donors (Lipinski definition) is 1. The van der Waals surface area contributed by atoms with Gasteiger partial charge in [0.05, 0.1) is 0 Å². The predicted octanol–water partition coefficient (Wildman–Crippen LogP) is 1.96. The summed E-state index contributed by atoms with van der Waals surface area (Å²) in [5.41, 5.74) is 0.232. The number of hydrogen-bond acceptors (Lipinski definition) is 2. The quantitative estimate of drug-likeness (QED) is 0.731. The molecular formula is C10H11FN2O. The Bertz CT molecular complexity index is 374. The highest BCUT2D eigenvalue weighted by atomic mass is 19.1. The molecule has 0 aromatic carbocycles. The first-order valence-electron chi connectivity index (χ1n) is 4.53. The molecule has 3 nitrogen and oxygen atoms in total. The molecule has 1 saturated carbocycles. The summed E-state index contributed by atoms with van der Waals surface area (Å²) in [6.45, 7) is 1.90. The molecule has 0 bridgehead atoms. The second-order valence-electron chi connectivity index (χ2n) is 3.88. The smallest absolute Gasteiger partial charge is 0.230 e. The van der Waals surface area contributed by atoms with Gasteiger partial charge in [-0.25, -0.2) is 4.98 Å². The van der Waals surface area contributed by atoms with Gasteiger partial charge in [-0.2, -0.15) is 4.39 Å². The Hall–Kier alpha value is -1.45. The van der Waals surface area contributed by atoms with Gasteiger partial charge in [0, 0.05) is 23.4 Å². The summed E-state index contributed by atoms with van der Waals surface area (Å²) in [5.74, 6) is -0.619. The number of carbonyl (C=O) groups is 1. The van der Waals surface area contributed by atoms with Crippen molar-refractivity contribution in [3.05, 3.63) is 24.3 Å². The van der Waals surface area contributed by atoms with Crippen LogP contribution in [0.25, 0.3) is 0 Å². The van der Waals surface area contributed by atoms with E-state index in [-0.39, 0.29) is 11.3 Å². The SMILES string of the molecule is CC1(C(=O)Nc2ccnc(F)c2)CC1. The molecule has 1 heterocycles. The number of rotatable bonds is 2. The Labute approximate surface area is 81.3 Å². The molecule has 0 aliphatic heterocycles. The molecule has 0 unspecified atom stereocenters. The minimum atomic E-state index is -0.580. The van der Waals surface area contributed by atoms with E-state index in [1.165, 1.54) is 12.3 Å². The molecule has 1 aromatic rings. The van der Waals surface area contributed by atoms with Gasteiger partial charge in [0.1, 0.15) is 0 Å². The number of nitrogens with zero attached hydrogens (tertiary/aromatic N) is 1. The van der Waals surface area contributed by atoms with Crippen LogP contribution >= 0.6 is 0 Å². The zero-order valence-electron chi connectivity index (χ0n) is 7.88. The van der Waals surface area contributed by atoms with Crippen LogP contribution in [-0.2, 0) is 4.79 Å². The number of amides is 1. The Kier molecular flexibility index (Phi) is 1.98. The highest BCUT2D eigenvalue weighted by Crippen LogP contribution is 2.45. The monoisotopic (exact) mass is 194 g/mol. The summed E-state index contributed by atoms with van der Waals surface area (Å²) >= 11 is 0. The fourth-order valence-electron chi connectivity index (χ4n) is 1.18. The van der Waals surface area contributed by atoms with E-state index in [0.29, 0.717) is 5.69 Å². The van der Waals surface area contributed by atoms with E-state index in [0.717, 1.165) is 12.8 Å². The third-order valence-corrected chi connectivity index (χ3v) is 2.53. The van der Waals surface area contributed by atoms with Gasteiger partial charge < -0.3 is 5.32 Å². The van der Waals surface area contributed by atoms with Crippen LogP contribution in [0.2, 0.25) is 0 Å². The minimum absolute atomic E-state index is 0.0388. The van der Waals surface area contributed by atoms with Crippen molar-refractivity contribution < 1.29 is 9.18 Å². The van der Waals surface area contributed by atoms with Crippen molar-refractivity contribution in [2.24, 2.45) is 5.41 Å². The van der Waals surface area contributed by atoms with Crippen molar-refractivity contribution in [2.75, 3.05) is 5.32 Å². The topological polar surface area (TPSA) is 42.0 Å². The molecule has 1 fully saturated rings. The molecule has 1 aromatic heterocycles. The lowest BCUT2D eigenvalue weighted by Crippen LogP contribution is -2.21. The highest BCUT2D eigenvalue weighted by Gasteiger charge is 2.44. The standard InChI is InChI=1S/C10H11FN2O/c1-10(3-4-10)9(14)13-7-2-5-12-8(11)6-7/h2,5-6H,3-4H2,1H3,(H,12,13,14). The highest BCUT2D eigenvalue weighted by molar-refractivity contribution is 5.96. The van der Waals surface area contributed by atoms with E-state index < -0.39 is 5.95 Å². The molecule has 2 rings (SSSR count). The van der Waals surface area contributed by atoms with Gasteiger partial charge in [0.2, 0.25) is 11.9 Å². The van der Waals surface area contributed by atoms with Gasteiger partial charge in [-0.05, 0) is 18.9 Å². The Morgan fingerprint density at radius 3 is 2.93 bits per heavy atom. The molecule has 14 heavy (non-hydrogen) atoms. The minimum Gasteiger partial charge on any atom is -0.325 e. The molecular weight excluding hydrogens is 183 g/mol. The number of halogens is 1. The normalized spacial score (nSPS) is 17.6. The van der Waals surface area contributed by atoms with E-state index in [2.05, 4.69) is 10.3 Å². The molecule has 1 N–H and O–H groups in total. The Morgan fingerprint density at radius 1 is 1.64 bits per heavy atom. The largest absolute Gasteiger partial charge is 0.325 e. The number of anilines is 1. The first-order valence-corrected chi connectivity index (χ1v) is 4.53. The molecule has 0 spiro atoms. The zero-order valence-corrected chi connectivity index (χ0v) is 7.88. The van der Waals surface area contributed by atoms with E-state index in [4.69, 9.17) is 0 Å². The van der Waals surface area contributed by atoms with E-state index in [1.807, 2.05) is 6.92 Å². The van der Waals surface area contributed by atoms with E-state index in [1.54, 1.807) is 6.07 Å². The molecule has 0 radical (unpaired) electrons. The first-order chi connectivity index (χ1) is 6.60. The van der Waals surface area contributed by atoms with Crippen molar-refractivity contribution in [1.29, 1.82) is 0 Å². The summed E-state index contributed by atoms with van der Waals surface area (Å²) in [6, 6.07) is 2.79. The van der Waals surface area contributed by atoms with Gasteiger partial charge >= 0.3 is 0 Å². The van der Waals surface area contributed by atoms with Gasteiger partial charge in [0.15, 0.2) is 0 Å². The summed E-state index contributed by atoms with van der Waals surface area (Å²) in [7, 11) is 0. The number of pyridine rings is 1. The van der Waals surface area contributed by atoms with Gasteiger partial charge in [0.25, 0.3) is 0 Å². The Balaban J connectivity index is 2.07. The third kappa shape index (κ3) is 1.73. The summed E-state index contributed by atoms with van der Waals surface area (Å²) in [5, 5.41) is 2.67. The maximum Gasteiger partial charge on any atom is 0.230 e. The lowest BCUT2D eigenvalue weighted by atomic mass is 10.1. The average molecular weight is 194 g/mol. The maximum atomic E-state index is 12.7. The molecule has 1 aliphatic carbocycles. The molecule has 1 aliphatic rings. The van der Waals surface area contributed by atoms with Crippen molar-refractivity contribution >= 4 is 11.6 Å². The second kappa shape index (κ2) is 3.04. The van der Waals surface area contributed by atoms with Gasteiger partial charge in [-0.3, -0.25) is 4.79 Å². The van der Waals surface area contributed by atoms with Gasteiger partial charge in [-0.1, -0.05) is 6.92 Å². The van der Waals surface area contributed by atoms with Crippen molar-refractivity contribution in [3.63, 3.8) is 0 Å². The first kappa shape index (κ1) is 9.12. The predicted molar refractivity (Wildman–Crippen MR) is 50.2 cm³/mol. The molecule has 0 atom stereocenters. The van der Waals surface area contributed by atoms with Crippen molar-refractivity contribution in [1.82, 2.24) is 4.98 Å². The van der Waals surface area contributed by atoms with Crippen LogP contribution in [0.5, 0.6) is 0 Å². The number of carbonyl (C=O) groups excluding carboxylic acids is 1. The van der Waals surface area contributed by atoms with Crippen LogP contribution in [0.3, 0.4) is 0 Å². The zero-order chi connectivity index (χ0) is 10.2. The second-order valence-corrected chi connectivity index (χ2v) is 3.88. The number of aromatic nitrogens is 1. The summed E-state index contributed by atoms with van der Waals surface area (Å²) in [4.78, 5) is 15.0. The summed E-state index contributed by atoms with van der Waals surface area (Å²) < 4.78 is 12.7. The van der Waals surface area contributed by atoms with E-state index >= 15 is 0 Å². The van der Waals surface area contributed by atoms with Crippen LogP contribution in [0.4, 0.5) is 10.1 Å². The average Bonchev–Trinajstić information content (AvgIpc) is 2.85. The Morgan fingerprint density at radius 2 is 2.36 bits per heavy atom. The van der Waals surface area contributed by atoms with E-state index in [9.17, 15) is 9.18 Å². The van der Waals surface area contributed by atoms with Crippen molar-refractivity contribution in [2.45, 2.75) is 19.8 Å². The molecule has 1 amide bonds. The van der Waals surface area contributed by atoms with Gasteiger partial charge in [-0.15, -0.1) is 0 Å². The lowest BCUT2D eigenvalue weighted by molar-refractivity contribution is -0.120. The fraction of sp³-hybridized carbons (Fsp3) is 0.400. The van der Waals surface area contributed by atoms with Crippen molar-refractivity contribution in [3.8, 4) is 0 Å². The van der Waals surface area contributed by atoms with Crippen LogP contribution < -0.4 is 5.32 Å². The third-order valence-electron chi connectivity index (χ3n) is 2.53. The van der Waals surface area contributed by atoms with Crippen LogP contribution in [0.1, 0.15) is 19.8 Å². The summed E-state index contributed by atoms with van der Waals surface area (Å²) in [6.07, 6.45) is 3.15. The van der Waals surface area contributed by atoms with Crippen LogP contribution in [-0.4, -0.2) is 10.9 Å². The number of nitrogens with one attached hydrogen (secondary N) is 1. The fourth-order valence-corrected chi connectivity index (χ4v) is 1.18. The lowest BCUT2D eigenvalue weighted by Gasteiger charge is -2.09. The molecule has 0 saturated heterocycles. The molecule has 4 heteroatoms. The maximum absolute atomic E-state index is 12.7.